The van der Waals surface area contributed by atoms with Crippen LogP contribution in [0.3, 0.4) is 0 Å². The average Bonchev–Trinajstić information content (AvgIpc) is 2.45. The van der Waals surface area contributed by atoms with E-state index in [2.05, 4.69) is 6.58 Å². The summed E-state index contributed by atoms with van der Waals surface area (Å²) < 4.78 is 10.6. The van der Waals surface area contributed by atoms with Crippen LogP contribution in [0.1, 0.15) is 31.2 Å². The molecule has 112 valence electrons. The van der Waals surface area contributed by atoms with Crippen molar-refractivity contribution in [2.45, 2.75) is 37.7 Å². The molecule has 1 unspecified atom stereocenters. The first-order chi connectivity index (χ1) is 10.1. The predicted molar refractivity (Wildman–Crippen MR) is 79.2 cm³/mol. The average molecular weight is 288 g/mol. The molecule has 1 atom stereocenters. The summed E-state index contributed by atoms with van der Waals surface area (Å²) >= 11 is 0. The number of benzene rings is 1. The molecular formula is C17H20O4. The lowest BCUT2D eigenvalue weighted by Crippen LogP contribution is -2.42. The normalized spacial score (nSPS) is 21.8. The van der Waals surface area contributed by atoms with Crippen molar-refractivity contribution < 1.29 is 19.1 Å². The van der Waals surface area contributed by atoms with Gasteiger partial charge in [-0.3, -0.25) is 9.59 Å². The van der Waals surface area contributed by atoms with Crippen molar-refractivity contribution in [1.29, 1.82) is 0 Å². The van der Waals surface area contributed by atoms with Crippen molar-refractivity contribution in [3.05, 3.63) is 42.5 Å². The molecule has 0 saturated carbocycles. The lowest BCUT2D eigenvalue weighted by Gasteiger charge is -2.35. The monoisotopic (exact) mass is 288 g/mol. The van der Waals surface area contributed by atoms with Crippen LogP contribution in [-0.2, 0) is 20.7 Å². The number of ketones is 1. The largest absolute Gasteiger partial charge is 0.497 e. The minimum atomic E-state index is -0.728. The van der Waals surface area contributed by atoms with Crippen LogP contribution in [0.25, 0.3) is 0 Å². The molecule has 1 aromatic rings. The maximum atomic E-state index is 11.7. The Balaban J connectivity index is 2.06. The van der Waals surface area contributed by atoms with E-state index in [0.717, 1.165) is 17.7 Å². The Kier molecular flexibility index (Phi) is 4.78. The van der Waals surface area contributed by atoms with Gasteiger partial charge in [-0.2, -0.15) is 0 Å². The maximum Gasteiger partial charge on any atom is 0.313 e. The Morgan fingerprint density at radius 1 is 1.33 bits per heavy atom. The van der Waals surface area contributed by atoms with E-state index in [9.17, 15) is 9.59 Å². The number of rotatable bonds is 6. The van der Waals surface area contributed by atoms with Crippen molar-refractivity contribution in [2.24, 2.45) is 0 Å². The predicted octanol–water partition coefficient (Wildman–Crippen LogP) is 2.85. The lowest BCUT2D eigenvalue weighted by molar-refractivity contribution is -0.170. The first-order valence-corrected chi connectivity index (χ1v) is 7.04. The molecule has 0 amide bonds. The van der Waals surface area contributed by atoms with Crippen molar-refractivity contribution in [2.75, 3.05) is 7.11 Å². The lowest BCUT2D eigenvalue weighted by atomic mass is 9.84. The van der Waals surface area contributed by atoms with Crippen LogP contribution >= 0.6 is 0 Å². The summed E-state index contributed by atoms with van der Waals surface area (Å²) in [6.45, 7) is 3.71. The molecule has 0 aromatic heterocycles. The highest BCUT2D eigenvalue weighted by atomic mass is 16.6. The van der Waals surface area contributed by atoms with Crippen LogP contribution < -0.4 is 4.74 Å². The summed E-state index contributed by atoms with van der Waals surface area (Å²) in [5.41, 5.74) is 0.391. The van der Waals surface area contributed by atoms with E-state index >= 15 is 0 Å². The summed E-state index contributed by atoms with van der Waals surface area (Å²) in [6, 6.07) is 7.75. The molecule has 1 aliphatic rings. The summed E-state index contributed by atoms with van der Waals surface area (Å²) in [5.74, 6) is 0.324. The first-order valence-electron chi connectivity index (χ1n) is 7.04. The number of esters is 1. The molecule has 0 spiro atoms. The zero-order valence-corrected chi connectivity index (χ0v) is 12.3. The third-order valence-electron chi connectivity index (χ3n) is 3.74. The zero-order chi connectivity index (χ0) is 15.3. The molecule has 1 fully saturated rings. The van der Waals surface area contributed by atoms with Crippen LogP contribution in [-0.4, -0.2) is 24.5 Å². The number of aryl methyl sites for hydroxylation is 1. The third-order valence-corrected chi connectivity index (χ3v) is 3.74. The Morgan fingerprint density at radius 2 is 2.05 bits per heavy atom. The third kappa shape index (κ3) is 3.94. The molecule has 4 heteroatoms. The summed E-state index contributed by atoms with van der Waals surface area (Å²) in [5, 5.41) is 0. The second-order valence-electron chi connectivity index (χ2n) is 5.39. The highest BCUT2D eigenvalue weighted by Crippen LogP contribution is 2.32. The highest BCUT2D eigenvalue weighted by Gasteiger charge is 2.40. The first kappa shape index (κ1) is 15.3. The molecule has 21 heavy (non-hydrogen) atoms. The Labute approximate surface area is 124 Å². The Bertz CT molecular complexity index is 514. The zero-order valence-electron chi connectivity index (χ0n) is 12.3. The van der Waals surface area contributed by atoms with Crippen LogP contribution in [0.2, 0.25) is 0 Å². The van der Waals surface area contributed by atoms with Gasteiger partial charge in [0.2, 0.25) is 0 Å². The van der Waals surface area contributed by atoms with Gasteiger partial charge in [0.25, 0.3) is 0 Å². The number of hydrogen-bond donors (Lipinski definition) is 0. The summed E-state index contributed by atoms with van der Waals surface area (Å²) in [4.78, 5) is 23.3. The second kappa shape index (κ2) is 6.57. The number of cyclic esters (lactones) is 1. The van der Waals surface area contributed by atoms with E-state index in [4.69, 9.17) is 9.47 Å². The van der Waals surface area contributed by atoms with Crippen LogP contribution in [0.15, 0.2) is 36.9 Å². The number of carbonyl (C=O) groups is 2. The van der Waals surface area contributed by atoms with E-state index in [1.807, 2.05) is 24.3 Å². The fourth-order valence-electron chi connectivity index (χ4n) is 2.68. The van der Waals surface area contributed by atoms with Crippen molar-refractivity contribution >= 4 is 11.8 Å². The number of methoxy groups -OCH3 is 1. The molecule has 1 heterocycles. The minimum Gasteiger partial charge on any atom is -0.497 e. The fourth-order valence-corrected chi connectivity index (χ4v) is 2.68. The Morgan fingerprint density at radius 3 is 2.62 bits per heavy atom. The van der Waals surface area contributed by atoms with E-state index in [1.54, 1.807) is 13.2 Å². The second-order valence-corrected chi connectivity index (χ2v) is 5.39. The van der Waals surface area contributed by atoms with E-state index in [1.165, 1.54) is 0 Å². The van der Waals surface area contributed by atoms with Gasteiger partial charge in [-0.05, 0) is 30.5 Å². The molecule has 1 aliphatic heterocycles. The summed E-state index contributed by atoms with van der Waals surface area (Å²) in [7, 11) is 1.63. The fraction of sp³-hybridized carbons (Fsp3) is 0.412. The SMILES string of the molecule is C=CCC1(CCc2ccc(OC)cc2)CC(=O)CC(=O)O1. The van der Waals surface area contributed by atoms with Gasteiger partial charge in [0.15, 0.2) is 0 Å². The van der Waals surface area contributed by atoms with Crippen LogP contribution in [0.5, 0.6) is 5.75 Å². The van der Waals surface area contributed by atoms with E-state index in [-0.39, 0.29) is 18.6 Å². The quantitative estimate of drug-likeness (QED) is 0.459. The van der Waals surface area contributed by atoms with Crippen molar-refractivity contribution in [3.8, 4) is 5.75 Å². The maximum absolute atomic E-state index is 11.7. The number of ether oxygens (including phenoxy) is 2. The topological polar surface area (TPSA) is 52.6 Å². The molecule has 1 saturated heterocycles. The van der Waals surface area contributed by atoms with Crippen molar-refractivity contribution in [1.82, 2.24) is 0 Å². The summed E-state index contributed by atoms with van der Waals surface area (Å²) in [6.07, 6.45) is 3.73. The molecule has 0 N–H and O–H groups in total. The van der Waals surface area contributed by atoms with Gasteiger partial charge in [-0.1, -0.05) is 18.2 Å². The van der Waals surface area contributed by atoms with Crippen molar-refractivity contribution in [3.63, 3.8) is 0 Å². The molecule has 0 aliphatic carbocycles. The van der Waals surface area contributed by atoms with Gasteiger partial charge >= 0.3 is 5.97 Å². The number of hydrogen-bond acceptors (Lipinski definition) is 4. The van der Waals surface area contributed by atoms with Gasteiger partial charge in [0.05, 0.1) is 7.11 Å². The molecular weight excluding hydrogens is 268 g/mol. The smallest absolute Gasteiger partial charge is 0.313 e. The number of Topliss-reactive ketones (excluding diaryl/α,β-unsaturated/α-hetero) is 1. The number of carbonyl (C=O) groups excluding carboxylic acids is 2. The van der Waals surface area contributed by atoms with Gasteiger partial charge < -0.3 is 9.47 Å². The van der Waals surface area contributed by atoms with Gasteiger partial charge in [0, 0.05) is 12.8 Å². The van der Waals surface area contributed by atoms with E-state index < -0.39 is 11.6 Å². The molecule has 2 rings (SSSR count). The standard InChI is InChI=1S/C17H20O4/c1-3-9-17(12-14(18)11-16(19)21-17)10-8-13-4-6-15(20-2)7-5-13/h3-7H,1,8-12H2,2H3. The van der Waals surface area contributed by atoms with Gasteiger partial charge in [0.1, 0.15) is 23.6 Å². The molecule has 1 aromatic carbocycles. The minimum absolute atomic E-state index is 0.0529. The molecule has 4 nitrogen and oxygen atoms in total. The van der Waals surface area contributed by atoms with Gasteiger partial charge in [-0.25, -0.2) is 0 Å². The van der Waals surface area contributed by atoms with E-state index in [0.29, 0.717) is 12.8 Å². The van der Waals surface area contributed by atoms with Gasteiger partial charge in [-0.15, -0.1) is 6.58 Å². The highest BCUT2D eigenvalue weighted by molar-refractivity contribution is 5.98. The van der Waals surface area contributed by atoms with Crippen LogP contribution in [0, 0.1) is 0 Å². The van der Waals surface area contributed by atoms with Crippen LogP contribution in [0.4, 0.5) is 0 Å². The molecule has 0 radical (unpaired) electrons. The molecule has 0 bridgehead atoms. The Hall–Kier alpha value is -2.10.